The van der Waals surface area contributed by atoms with Crippen LogP contribution in [0.4, 0.5) is 5.69 Å². The predicted molar refractivity (Wildman–Crippen MR) is 80.5 cm³/mol. The van der Waals surface area contributed by atoms with Crippen molar-refractivity contribution in [2.45, 2.75) is 26.3 Å². The molecule has 0 fully saturated rings. The number of aromatic nitrogens is 1. The topological polar surface area (TPSA) is 112 Å². The third-order valence-electron chi connectivity index (χ3n) is 3.10. The van der Waals surface area contributed by atoms with E-state index in [1.165, 1.54) is 0 Å². The Labute approximate surface area is 124 Å². The van der Waals surface area contributed by atoms with E-state index in [1.807, 2.05) is 13.8 Å². The summed E-state index contributed by atoms with van der Waals surface area (Å²) in [6.07, 6.45) is 2.20. The molecule has 1 atom stereocenters. The number of hydrogen-bond acceptors (Lipinski definition) is 5. The van der Waals surface area contributed by atoms with E-state index >= 15 is 0 Å². The smallest absolute Gasteiger partial charge is 0.323 e. The van der Waals surface area contributed by atoms with Gasteiger partial charge in [-0.05, 0) is 18.4 Å². The second-order valence-electron chi connectivity index (χ2n) is 5.32. The highest BCUT2D eigenvalue weighted by atomic mass is 16.5. The van der Waals surface area contributed by atoms with Gasteiger partial charge in [0.25, 0.3) is 5.91 Å². The Morgan fingerprint density at radius 2 is 2.10 bits per heavy atom. The standard InChI is InChI=1S/C14H24N4O3/c1-9(2)12(16)14(20)21-6-4-5-17-13(19)11-7-10(15)8-18(11)3/h7-9,12H,4-6,15-16H2,1-3H3,(H,17,19). The molecule has 7 nitrogen and oxygen atoms in total. The van der Waals surface area contributed by atoms with Crippen LogP contribution in [-0.4, -0.2) is 35.6 Å². The van der Waals surface area contributed by atoms with E-state index in [9.17, 15) is 9.59 Å². The van der Waals surface area contributed by atoms with Crippen molar-refractivity contribution in [3.8, 4) is 0 Å². The number of hydrogen-bond donors (Lipinski definition) is 3. The minimum Gasteiger partial charge on any atom is -0.464 e. The summed E-state index contributed by atoms with van der Waals surface area (Å²) in [5.74, 6) is -0.578. The van der Waals surface area contributed by atoms with Gasteiger partial charge < -0.3 is 26.1 Å². The van der Waals surface area contributed by atoms with Gasteiger partial charge in [-0.1, -0.05) is 13.8 Å². The van der Waals surface area contributed by atoms with Gasteiger partial charge in [0, 0.05) is 19.8 Å². The minimum absolute atomic E-state index is 0.0417. The average Bonchev–Trinajstić information content (AvgIpc) is 2.75. The molecule has 1 aromatic heterocycles. The van der Waals surface area contributed by atoms with Crippen LogP contribution < -0.4 is 16.8 Å². The van der Waals surface area contributed by atoms with Crippen LogP contribution in [-0.2, 0) is 16.6 Å². The molecule has 0 aromatic carbocycles. The Balaban J connectivity index is 2.24. The number of nitrogens with zero attached hydrogens (tertiary/aromatic N) is 1. The number of aryl methyl sites for hydroxylation is 1. The second-order valence-corrected chi connectivity index (χ2v) is 5.32. The molecule has 0 aliphatic carbocycles. The van der Waals surface area contributed by atoms with E-state index < -0.39 is 12.0 Å². The first-order valence-corrected chi connectivity index (χ1v) is 6.95. The van der Waals surface area contributed by atoms with Crippen molar-refractivity contribution in [1.82, 2.24) is 9.88 Å². The third kappa shape index (κ3) is 5.11. The maximum Gasteiger partial charge on any atom is 0.323 e. The molecule has 1 aromatic rings. The van der Waals surface area contributed by atoms with Gasteiger partial charge in [0.1, 0.15) is 11.7 Å². The van der Waals surface area contributed by atoms with Crippen LogP contribution in [0, 0.1) is 5.92 Å². The van der Waals surface area contributed by atoms with Crippen molar-refractivity contribution in [2.24, 2.45) is 18.7 Å². The van der Waals surface area contributed by atoms with Gasteiger partial charge in [0.05, 0.1) is 12.3 Å². The first-order chi connectivity index (χ1) is 9.82. The molecule has 0 spiro atoms. The van der Waals surface area contributed by atoms with Crippen LogP contribution in [0.5, 0.6) is 0 Å². The van der Waals surface area contributed by atoms with Crippen LogP contribution in [0.25, 0.3) is 0 Å². The maximum atomic E-state index is 11.9. The summed E-state index contributed by atoms with van der Waals surface area (Å²) in [5, 5.41) is 2.74. The first kappa shape index (κ1) is 17.0. The number of esters is 1. The average molecular weight is 296 g/mol. The minimum atomic E-state index is -0.606. The van der Waals surface area contributed by atoms with Crippen molar-refractivity contribution in [3.63, 3.8) is 0 Å². The molecule has 0 saturated heterocycles. The molecule has 0 saturated carbocycles. The summed E-state index contributed by atoms with van der Waals surface area (Å²) in [7, 11) is 1.75. The fraction of sp³-hybridized carbons (Fsp3) is 0.571. The molecule has 5 N–H and O–H groups in total. The lowest BCUT2D eigenvalue weighted by Gasteiger charge is -2.14. The molecule has 0 radical (unpaired) electrons. The first-order valence-electron chi connectivity index (χ1n) is 6.95. The van der Waals surface area contributed by atoms with Gasteiger partial charge in [-0.3, -0.25) is 9.59 Å². The molecule has 0 aliphatic heterocycles. The molecule has 1 amide bonds. The van der Waals surface area contributed by atoms with E-state index in [0.717, 1.165) is 0 Å². The van der Waals surface area contributed by atoms with Crippen molar-refractivity contribution < 1.29 is 14.3 Å². The van der Waals surface area contributed by atoms with Gasteiger partial charge in [0.2, 0.25) is 0 Å². The zero-order chi connectivity index (χ0) is 16.0. The number of rotatable bonds is 7. The SMILES string of the molecule is CC(C)C(N)C(=O)OCCCNC(=O)c1cc(N)cn1C. The molecular formula is C14H24N4O3. The number of nitrogen functional groups attached to an aromatic ring is 1. The number of amides is 1. The van der Waals surface area contributed by atoms with Crippen LogP contribution in [0.2, 0.25) is 0 Å². The third-order valence-corrected chi connectivity index (χ3v) is 3.10. The molecule has 21 heavy (non-hydrogen) atoms. The number of carbonyl (C=O) groups is 2. The molecule has 0 aliphatic rings. The normalized spacial score (nSPS) is 12.2. The zero-order valence-corrected chi connectivity index (χ0v) is 12.8. The molecule has 1 heterocycles. The van der Waals surface area contributed by atoms with Gasteiger partial charge in [-0.25, -0.2) is 0 Å². The van der Waals surface area contributed by atoms with Gasteiger partial charge in [-0.15, -0.1) is 0 Å². The van der Waals surface area contributed by atoms with Gasteiger partial charge in [-0.2, -0.15) is 0 Å². The summed E-state index contributed by atoms with van der Waals surface area (Å²) in [5.41, 5.74) is 12.3. The van der Waals surface area contributed by atoms with E-state index in [-0.39, 0.29) is 18.4 Å². The van der Waals surface area contributed by atoms with E-state index in [1.54, 1.807) is 23.9 Å². The number of nitrogens with two attached hydrogens (primary N) is 2. The van der Waals surface area contributed by atoms with Crippen LogP contribution >= 0.6 is 0 Å². The number of carbonyl (C=O) groups excluding carboxylic acids is 2. The van der Waals surface area contributed by atoms with Crippen LogP contribution in [0.1, 0.15) is 30.8 Å². The fourth-order valence-corrected chi connectivity index (χ4v) is 1.72. The Hall–Kier alpha value is -2.02. The lowest BCUT2D eigenvalue weighted by molar-refractivity contribution is -0.146. The van der Waals surface area contributed by atoms with Crippen molar-refractivity contribution >= 4 is 17.6 Å². The number of ether oxygens (including phenoxy) is 1. The monoisotopic (exact) mass is 296 g/mol. The predicted octanol–water partition coefficient (Wildman–Crippen LogP) is 0.254. The fourth-order valence-electron chi connectivity index (χ4n) is 1.72. The van der Waals surface area contributed by atoms with E-state index in [4.69, 9.17) is 16.2 Å². The van der Waals surface area contributed by atoms with Crippen molar-refractivity contribution in [3.05, 3.63) is 18.0 Å². The lowest BCUT2D eigenvalue weighted by Crippen LogP contribution is -2.37. The number of nitrogens with one attached hydrogen (secondary N) is 1. The largest absolute Gasteiger partial charge is 0.464 e. The maximum absolute atomic E-state index is 11.9. The summed E-state index contributed by atoms with van der Waals surface area (Å²) in [4.78, 5) is 23.4. The Kier molecular flexibility index (Phi) is 6.23. The lowest BCUT2D eigenvalue weighted by atomic mass is 10.1. The highest BCUT2D eigenvalue weighted by Crippen LogP contribution is 2.08. The van der Waals surface area contributed by atoms with E-state index in [0.29, 0.717) is 24.3 Å². The van der Waals surface area contributed by atoms with Gasteiger partial charge >= 0.3 is 5.97 Å². The molecular weight excluding hydrogens is 272 g/mol. The molecule has 1 unspecified atom stereocenters. The van der Waals surface area contributed by atoms with Gasteiger partial charge in [0.15, 0.2) is 0 Å². The molecule has 0 bridgehead atoms. The van der Waals surface area contributed by atoms with Crippen molar-refractivity contribution in [1.29, 1.82) is 0 Å². The quantitative estimate of drug-likeness (QED) is 0.493. The zero-order valence-electron chi connectivity index (χ0n) is 12.8. The summed E-state index contributed by atoms with van der Waals surface area (Å²) in [6.45, 7) is 4.36. The summed E-state index contributed by atoms with van der Waals surface area (Å²) < 4.78 is 6.70. The Bertz CT molecular complexity index is 496. The van der Waals surface area contributed by atoms with Crippen LogP contribution in [0.15, 0.2) is 12.3 Å². The summed E-state index contributed by atoms with van der Waals surface area (Å²) >= 11 is 0. The Morgan fingerprint density at radius 1 is 1.43 bits per heavy atom. The summed E-state index contributed by atoms with van der Waals surface area (Å²) in [6, 6.07) is 1.00. The number of anilines is 1. The molecule has 7 heteroatoms. The van der Waals surface area contributed by atoms with Crippen LogP contribution in [0.3, 0.4) is 0 Å². The molecule has 1 rings (SSSR count). The highest BCUT2D eigenvalue weighted by molar-refractivity contribution is 5.93. The van der Waals surface area contributed by atoms with Crippen molar-refractivity contribution in [2.75, 3.05) is 18.9 Å². The Morgan fingerprint density at radius 3 is 2.62 bits per heavy atom. The van der Waals surface area contributed by atoms with E-state index in [2.05, 4.69) is 5.32 Å². The highest BCUT2D eigenvalue weighted by Gasteiger charge is 2.18. The second kappa shape index (κ2) is 7.68. The molecule has 118 valence electrons.